The molecule has 1 aromatic carbocycles. The summed E-state index contributed by atoms with van der Waals surface area (Å²) in [5.74, 6) is 5.55. The SMILES string of the molecule is CC(=O)OC1CCCC(C)=C1/C=C/C#Cc1ccc(C(=O)OCC[Si](C)(C)C)cc1. The van der Waals surface area contributed by atoms with Crippen LogP contribution >= 0.6 is 0 Å². The van der Waals surface area contributed by atoms with Crippen molar-refractivity contribution >= 4 is 20.0 Å². The molecule has 1 atom stereocenters. The van der Waals surface area contributed by atoms with Crippen LogP contribution in [0.2, 0.25) is 25.7 Å². The number of esters is 2. The van der Waals surface area contributed by atoms with E-state index in [9.17, 15) is 9.59 Å². The molecule has 0 radical (unpaired) electrons. The monoisotopic (exact) mass is 424 g/mol. The van der Waals surface area contributed by atoms with E-state index in [4.69, 9.17) is 9.47 Å². The molecule has 4 nitrogen and oxygen atoms in total. The van der Waals surface area contributed by atoms with Gasteiger partial charge >= 0.3 is 11.9 Å². The van der Waals surface area contributed by atoms with Crippen LogP contribution in [0.1, 0.15) is 49.0 Å². The summed E-state index contributed by atoms with van der Waals surface area (Å²) in [5.41, 5.74) is 3.65. The van der Waals surface area contributed by atoms with Crippen LogP contribution in [0.25, 0.3) is 0 Å². The number of ether oxygens (including phenoxy) is 2. The Morgan fingerprint density at radius 1 is 1.20 bits per heavy atom. The van der Waals surface area contributed by atoms with Crippen molar-refractivity contribution in [2.24, 2.45) is 0 Å². The second-order valence-electron chi connectivity index (χ2n) is 8.85. The number of allylic oxidation sites excluding steroid dienone is 2. The molecule has 0 saturated heterocycles. The summed E-state index contributed by atoms with van der Waals surface area (Å²) in [6, 6.07) is 8.10. The lowest BCUT2D eigenvalue weighted by Crippen LogP contribution is -2.22. The summed E-state index contributed by atoms with van der Waals surface area (Å²) >= 11 is 0. The number of carbonyl (C=O) groups excluding carboxylic acids is 2. The molecule has 0 bridgehead atoms. The van der Waals surface area contributed by atoms with Crippen molar-refractivity contribution in [3.05, 3.63) is 58.7 Å². The third-order valence-electron chi connectivity index (χ3n) is 4.93. The van der Waals surface area contributed by atoms with Crippen molar-refractivity contribution in [2.75, 3.05) is 6.61 Å². The Labute approximate surface area is 181 Å². The third-order valence-corrected chi connectivity index (χ3v) is 6.64. The zero-order chi connectivity index (χ0) is 22.1. The van der Waals surface area contributed by atoms with Gasteiger partial charge in [-0.25, -0.2) is 4.79 Å². The second-order valence-corrected chi connectivity index (χ2v) is 14.5. The van der Waals surface area contributed by atoms with Crippen molar-refractivity contribution in [1.82, 2.24) is 0 Å². The fourth-order valence-corrected chi connectivity index (χ4v) is 3.89. The summed E-state index contributed by atoms with van der Waals surface area (Å²) in [6.07, 6.45) is 6.44. The zero-order valence-electron chi connectivity index (χ0n) is 18.7. The first kappa shape index (κ1) is 23.7. The molecule has 0 amide bonds. The number of hydrogen-bond donors (Lipinski definition) is 0. The second kappa shape index (κ2) is 11.0. The molecule has 5 heteroatoms. The molecule has 1 unspecified atom stereocenters. The molecular weight excluding hydrogens is 392 g/mol. The molecule has 0 heterocycles. The molecule has 1 aliphatic carbocycles. The zero-order valence-corrected chi connectivity index (χ0v) is 19.7. The lowest BCUT2D eigenvalue weighted by molar-refractivity contribution is -0.144. The number of benzene rings is 1. The first-order valence-electron chi connectivity index (χ1n) is 10.5. The molecule has 2 rings (SSSR count). The summed E-state index contributed by atoms with van der Waals surface area (Å²) in [4.78, 5) is 23.4. The first-order chi connectivity index (χ1) is 14.2. The van der Waals surface area contributed by atoms with Crippen LogP contribution < -0.4 is 0 Å². The van der Waals surface area contributed by atoms with Gasteiger partial charge in [0, 0.05) is 20.6 Å². The van der Waals surface area contributed by atoms with E-state index in [1.807, 2.05) is 18.2 Å². The predicted molar refractivity (Wildman–Crippen MR) is 123 cm³/mol. The number of hydrogen-bond acceptors (Lipinski definition) is 4. The highest BCUT2D eigenvalue weighted by Gasteiger charge is 2.21. The number of carbonyl (C=O) groups is 2. The average Bonchev–Trinajstić information content (AvgIpc) is 2.66. The average molecular weight is 425 g/mol. The Morgan fingerprint density at radius 3 is 2.53 bits per heavy atom. The van der Waals surface area contributed by atoms with E-state index in [-0.39, 0.29) is 18.0 Å². The maximum Gasteiger partial charge on any atom is 0.338 e. The van der Waals surface area contributed by atoms with Gasteiger partial charge in [-0.3, -0.25) is 4.79 Å². The topological polar surface area (TPSA) is 52.6 Å². The maximum atomic E-state index is 12.1. The molecule has 0 N–H and O–H groups in total. The fourth-order valence-electron chi connectivity index (χ4n) is 3.18. The summed E-state index contributed by atoms with van der Waals surface area (Å²) in [6.45, 7) is 10.8. The van der Waals surface area contributed by atoms with E-state index in [0.717, 1.165) is 36.4 Å². The minimum Gasteiger partial charge on any atom is -0.462 e. The highest BCUT2D eigenvalue weighted by molar-refractivity contribution is 6.76. The van der Waals surface area contributed by atoms with Crippen LogP contribution in [-0.2, 0) is 14.3 Å². The van der Waals surface area contributed by atoms with Gasteiger partial charge in [0.15, 0.2) is 0 Å². The normalized spacial score (nSPS) is 16.8. The fraction of sp³-hybridized carbons (Fsp3) is 0.440. The molecular formula is C25H32O4Si. The van der Waals surface area contributed by atoms with Crippen molar-refractivity contribution in [3.63, 3.8) is 0 Å². The Kier molecular flexibility index (Phi) is 8.67. The largest absolute Gasteiger partial charge is 0.462 e. The molecule has 0 aliphatic heterocycles. The van der Waals surface area contributed by atoms with Gasteiger partial charge in [-0.15, -0.1) is 0 Å². The van der Waals surface area contributed by atoms with Gasteiger partial charge < -0.3 is 9.47 Å². The van der Waals surface area contributed by atoms with E-state index in [0.29, 0.717) is 12.2 Å². The van der Waals surface area contributed by atoms with Crippen molar-refractivity contribution in [2.45, 2.75) is 64.9 Å². The molecule has 1 aliphatic rings. The smallest absolute Gasteiger partial charge is 0.338 e. The van der Waals surface area contributed by atoms with Crippen LogP contribution in [0.5, 0.6) is 0 Å². The Hall–Kier alpha value is -2.58. The Morgan fingerprint density at radius 2 is 1.90 bits per heavy atom. The van der Waals surface area contributed by atoms with E-state index in [2.05, 4.69) is 38.4 Å². The molecule has 0 fully saturated rings. The van der Waals surface area contributed by atoms with Crippen LogP contribution in [0.3, 0.4) is 0 Å². The van der Waals surface area contributed by atoms with Crippen LogP contribution in [0.4, 0.5) is 0 Å². The van der Waals surface area contributed by atoms with Gasteiger partial charge in [0.05, 0.1) is 12.2 Å². The molecule has 0 aromatic heterocycles. The van der Waals surface area contributed by atoms with Crippen molar-refractivity contribution < 1.29 is 19.1 Å². The van der Waals surface area contributed by atoms with Crippen LogP contribution in [-0.4, -0.2) is 32.7 Å². The lowest BCUT2D eigenvalue weighted by Gasteiger charge is -2.25. The Balaban J connectivity index is 1.96. The van der Waals surface area contributed by atoms with Crippen molar-refractivity contribution in [1.29, 1.82) is 0 Å². The van der Waals surface area contributed by atoms with Gasteiger partial charge in [0.25, 0.3) is 0 Å². The van der Waals surface area contributed by atoms with E-state index in [1.165, 1.54) is 12.5 Å². The van der Waals surface area contributed by atoms with E-state index < -0.39 is 8.07 Å². The highest BCUT2D eigenvalue weighted by Crippen LogP contribution is 2.28. The lowest BCUT2D eigenvalue weighted by atomic mass is 9.90. The predicted octanol–water partition coefficient (Wildman–Crippen LogP) is 5.52. The minimum absolute atomic E-state index is 0.180. The summed E-state index contributed by atoms with van der Waals surface area (Å²) in [5, 5.41) is 0. The van der Waals surface area contributed by atoms with Gasteiger partial charge in [-0.1, -0.05) is 37.1 Å². The quantitative estimate of drug-likeness (QED) is 0.343. The van der Waals surface area contributed by atoms with E-state index in [1.54, 1.807) is 18.2 Å². The van der Waals surface area contributed by atoms with Gasteiger partial charge in [0.1, 0.15) is 6.10 Å². The van der Waals surface area contributed by atoms with E-state index >= 15 is 0 Å². The van der Waals surface area contributed by atoms with Gasteiger partial charge in [-0.05, 0) is 74.2 Å². The number of rotatable bonds is 6. The first-order valence-corrected chi connectivity index (χ1v) is 14.2. The molecule has 0 saturated carbocycles. The van der Waals surface area contributed by atoms with Crippen LogP contribution in [0, 0.1) is 11.8 Å². The highest BCUT2D eigenvalue weighted by atomic mass is 28.3. The maximum absolute atomic E-state index is 12.1. The summed E-state index contributed by atoms with van der Waals surface area (Å²) in [7, 11) is -1.21. The van der Waals surface area contributed by atoms with Gasteiger partial charge in [-0.2, -0.15) is 0 Å². The summed E-state index contributed by atoms with van der Waals surface area (Å²) < 4.78 is 10.8. The Bertz CT molecular complexity index is 876. The minimum atomic E-state index is -1.21. The molecule has 160 valence electrons. The molecule has 1 aromatic rings. The van der Waals surface area contributed by atoms with Crippen LogP contribution in [0.15, 0.2) is 47.6 Å². The molecule has 30 heavy (non-hydrogen) atoms. The third kappa shape index (κ3) is 8.04. The van der Waals surface area contributed by atoms with Crippen molar-refractivity contribution in [3.8, 4) is 11.8 Å². The van der Waals surface area contributed by atoms with Gasteiger partial charge in [0.2, 0.25) is 0 Å². The standard InChI is InChI=1S/C25H32O4Si/c1-19-9-8-12-24(29-20(2)26)23(19)11-7-6-10-21-13-15-22(16-14-21)25(27)28-17-18-30(3,4)5/h7,11,13-16,24H,8-9,12,17-18H2,1-5H3/b11-7+. The molecule has 0 spiro atoms.